The van der Waals surface area contributed by atoms with Crippen molar-refractivity contribution in [2.24, 2.45) is 0 Å². The summed E-state index contributed by atoms with van der Waals surface area (Å²) < 4.78 is 25.9. The molecule has 8 nitrogen and oxygen atoms in total. The summed E-state index contributed by atoms with van der Waals surface area (Å²) in [5.41, 5.74) is 1.43. The Hall–Kier alpha value is -4.18. The third-order valence-corrected chi connectivity index (χ3v) is 6.01. The normalized spacial score (nSPS) is 14.0. The fourth-order valence-corrected chi connectivity index (χ4v) is 4.01. The van der Waals surface area contributed by atoms with E-state index in [1.807, 2.05) is 18.2 Å². The van der Waals surface area contributed by atoms with Crippen molar-refractivity contribution >= 4 is 45.5 Å². The van der Waals surface area contributed by atoms with Crippen molar-refractivity contribution in [3.05, 3.63) is 93.8 Å². The van der Waals surface area contributed by atoms with Gasteiger partial charge in [-0.25, -0.2) is 9.18 Å². The maximum absolute atomic E-state index is 14.0. The molecule has 0 aromatic heterocycles. The van der Waals surface area contributed by atoms with E-state index in [1.165, 1.54) is 24.3 Å². The van der Waals surface area contributed by atoms with Crippen LogP contribution in [0.15, 0.2) is 76.9 Å². The van der Waals surface area contributed by atoms with E-state index in [0.29, 0.717) is 33.8 Å². The number of carbonyl (C=O) groups is 3. The Morgan fingerprint density at radius 1 is 1.05 bits per heavy atom. The van der Waals surface area contributed by atoms with Crippen LogP contribution in [0.25, 0.3) is 6.08 Å². The van der Waals surface area contributed by atoms with Gasteiger partial charge in [0.15, 0.2) is 18.1 Å². The zero-order chi connectivity index (χ0) is 26.4. The van der Waals surface area contributed by atoms with Crippen molar-refractivity contribution < 1.29 is 28.2 Å². The predicted octanol–water partition coefficient (Wildman–Crippen LogP) is 5.10. The molecule has 1 saturated heterocycles. The van der Waals surface area contributed by atoms with Crippen LogP contribution in [0.4, 0.5) is 14.9 Å². The van der Waals surface area contributed by atoms with E-state index in [1.54, 1.807) is 37.3 Å². The molecule has 0 atom stereocenters. The molecule has 1 heterocycles. The highest BCUT2D eigenvalue weighted by Crippen LogP contribution is 2.35. The van der Waals surface area contributed by atoms with E-state index in [2.05, 4.69) is 26.6 Å². The number of imide groups is 1. The number of halogens is 2. The number of carbonyl (C=O) groups excluding carboxylic acids is 3. The van der Waals surface area contributed by atoms with Crippen molar-refractivity contribution in [2.75, 3.05) is 18.5 Å². The number of benzene rings is 3. The Labute approximate surface area is 221 Å². The highest BCUT2D eigenvalue weighted by Gasteiger charge is 2.34. The number of nitrogens with zero attached hydrogens (tertiary/aromatic N) is 1. The molecule has 3 aromatic rings. The van der Waals surface area contributed by atoms with Gasteiger partial charge in [-0.2, -0.15) is 0 Å². The molecule has 1 aliphatic rings. The number of amides is 4. The number of hydrogen-bond donors (Lipinski definition) is 2. The lowest BCUT2D eigenvalue weighted by molar-refractivity contribution is -0.123. The zero-order valence-corrected chi connectivity index (χ0v) is 21.4. The molecule has 4 rings (SSSR count). The molecule has 0 spiro atoms. The van der Waals surface area contributed by atoms with Gasteiger partial charge < -0.3 is 20.1 Å². The van der Waals surface area contributed by atoms with Gasteiger partial charge in [-0.3, -0.25) is 14.5 Å². The first kappa shape index (κ1) is 25.9. The Balaban J connectivity index is 1.50. The lowest BCUT2D eigenvalue weighted by Crippen LogP contribution is -2.30. The molecule has 10 heteroatoms. The highest BCUT2D eigenvalue weighted by atomic mass is 79.9. The van der Waals surface area contributed by atoms with Crippen LogP contribution >= 0.6 is 15.9 Å². The van der Waals surface area contributed by atoms with Crippen molar-refractivity contribution in [2.45, 2.75) is 13.5 Å². The monoisotopic (exact) mass is 567 g/mol. The van der Waals surface area contributed by atoms with Crippen LogP contribution in [0.3, 0.4) is 0 Å². The lowest BCUT2D eigenvalue weighted by Gasteiger charge is -2.14. The molecule has 190 valence electrons. The third-order valence-electron chi connectivity index (χ3n) is 5.33. The second-order valence-electron chi connectivity index (χ2n) is 7.93. The summed E-state index contributed by atoms with van der Waals surface area (Å²) in [5.74, 6) is -0.758. The molecule has 0 aliphatic carbocycles. The third kappa shape index (κ3) is 6.34. The molecule has 4 amide bonds. The average Bonchev–Trinajstić information content (AvgIpc) is 3.14. The molecule has 1 aliphatic heterocycles. The smallest absolute Gasteiger partial charge is 0.329 e. The second-order valence-corrected chi connectivity index (χ2v) is 8.78. The molecule has 0 radical (unpaired) electrons. The first-order valence-electron chi connectivity index (χ1n) is 11.4. The average molecular weight is 568 g/mol. The van der Waals surface area contributed by atoms with Crippen molar-refractivity contribution in [1.82, 2.24) is 10.2 Å². The van der Waals surface area contributed by atoms with E-state index < -0.39 is 17.8 Å². The summed E-state index contributed by atoms with van der Waals surface area (Å²) in [6.07, 6.45) is 1.49. The molecule has 0 saturated carbocycles. The van der Waals surface area contributed by atoms with E-state index in [0.717, 1.165) is 4.90 Å². The quantitative estimate of drug-likeness (QED) is 0.277. The Kier molecular flexibility index (Phi) is 8.19. The van der Waals surface area contributed by atoms with E-state index >= 15 is 0 Å². The molecular formula is C27H23BrFN3O5. The van der Waals surface area contributed by atoms with Gasteiger partial charge in [-0.1, -0.05) is 52.3 Å². The van der Waals surface area contributed by atoms with Crippen molar-refractivity contribution in [3.63, 3.8) is 0 Å². The molecule has 1 fully saturated rings. The first-order valence-corrected chi connectivity index (χ1v) is 12.2. The summed E-state index contributed by atoms with van der Waals surface area (Å²) in [6.45, 7) is 1.68. The fraction of sp³-hybridized carbons (Fsp3) is 0.148. The van der Waals surface area contributed by atoms with Crippen LogP contribution in [0, 0.1) is 5.82 Å². The minimum Gasteiger partial charge on any atom is -0.490 e. The van der Waals surface area contributed by atoms with Gasteiger partial charge >= 0.3 is 6.03 Å². The number of urea groups is 1. The minimum absolute atomic E-state index is 0.0281. The van der Waals surface area contributed by atoms with Gasteiger partial charge in [-0.15, -0.1) is 0 Å². The molecule has 0 unspecified atom stereocenters. The SMILES string of the molecule is CCOc1cc(/C=C2/NC(=O)N(Cc3ccccc3F)C2=O)c(Br)cc1OCC(=O)Nc1ccccc1. The zero-order valence-electron chi connectivity index (χ0n) is 19.8. The first-order chi connectivity index (χ1) is 17.9. The van der Waals surface area contributed by atoms with E-state index in [9.17, 15) is 18.8 Å². The van der Waals surface area contributed by atoms with Gasteiger partial charge in [0.2, 0.25) is 0 Å². The van der Waals surface area contributed by atoms with Gasteiger partial charge in [0.1, 0.15) is 11.5 Å². The number of rotatable bonds is 9. The molecular weight excluding hydrogens is 545 g/mol. The van der Waals surface area contributed by atoms with Crippen LogP contribution < -0.4 is 20.1 Å². The number of para-hydroxylation sites is 1. The standard InChI is InChI=1S/C27H23BrFN3O5/c1-2-36-23-13-18(20(28)14-24(23)37-16-25(33)30-19-9-4-3-5-10-19)12-22-26(34)32(27(35)31-22)15-17-8-6-7-11-21(17)29/h3-14H,2,15-16H2,1H3,(H,30,33)(H,31,35)/b22-12+. The van der Waals surface area contributed by atoms with Crippen LogP contribution in [-0.2, 0) is 16.1 Å². The van der Waals surface area contributed by atoms with Crippen LogP contribution in [-0.4, -0.2) is 36.0 Å². The topological polar surface area (TPSA) is 97.0 Å². The highest BCUT2D eigenvalue weighted by molar-refractivity contribution is 9.10. The van der Waals surface area contributed by atoms with Crippen LogP contribution in [0.1, 0.15) is 18.1 Å². The Morgan fingerprint density at radius 2 is 1.76 bits per heavy atom. The summed E-state index contributed by atoms with van der Waals surface area (Å²) in [7, 11) is 0. The maximum atomic E-state index is 14.0. The van der Waals surface area contributed by atoms with E-state index in [4.69, 9.17) is 9.47 Å². The van der Waals surface area contributed by atoms with Gasteiger partial charge in [-0.05, 0) is 48.9 Å². The summed E-state index contributed by atoms with van der Waals surface area (Å²) in [6, 6.07) is 17.6. The number of anilines is 1. The van der Waals surface area contributed by atoms with Crippen molar-refractivity contribution in [1.29, 1.82) is 0 Å². The lowest BCUT2D eigenvalue weighted by atomic mass is 10.1. The maximum Gasteiger partial charge on any atom is 0.329 e. The largest absolute Gasteiger partial charge is 0.490 e. The second kappa shape index (κ2) is 11.7. The summed E-state index contributed by atoms with van der Waals surface area (Å²) in [4.78, 5) is 38.5. The Bertz CT molecular complexity index is 1360. The molecule has 2 N–H and O–H groups in total. The number of nitrogens with one attached hydrogen (secondary N) is 2. The molecule has 37 heavy (non-hydrogen) atoms. The van der Waals surface area contributed by atoms with Gasteiger partial charge in [0.05, 0.1) is 13.2 Å². The van der Waals surface area contributed by atoms with Crippen LogP contribution in [0.5, 0.6) is 11.5 Å². The minimum atomic E-state index is -0.648. The van der Waals surface area contributed by atoms with Crippen LogP contribution in [0.2, 0.25) is 0 Å². The number of hydrogen-bond acceptors (Lipinski definition) is 5. The fourth-order valence-electron chi connectivity index (χ4n) is 3.57. The predicted molar refractivity (Wildman–Crippen MR) is 139 cm³/mol. The van der Waals surface area contributed by atoms with Gasteiger partial charge in [0, 0.05) is 15.7 Å². The van der Waals surface area contributed by atoms with E-state index in [-0.39, 0.29) is 30.3 Å². The van der Waals surface area contributed by atoms with Gasteiger partial charge in [0.25, 0.3) is 11.8 Å². The van der Waals surface area contributed by atoms with Crippen molar-refractivity contribution in [3.8, 4) is 11.5 Å². The molecule has 0 bridgehead atoms. The summed E-state index contributed by atoms with van der Waals surface area (Å²) in [5, 5.41) is 5.27. The number of ether oxygens (including phenoxy) is 2. The molecule has 3 aromatic carbocycles. The summed E-state index contributed by atoms with van der Waals surface area (Å²) >= 11 is 3.45. The Morgan fingerprint density at radius 3 is 2.49 bits per heavy atom.